The van der Waals surface area contributed by atoms with Gasteiger partial charge in [-0.1, -0.05) is 18.2 Å². The minimum absolute atomic E-state index is 0.811. The summed E-state index contributed by atoms with van der Waals surface area (Å²) in [4.78, 5) is 0. The number of hydrogen-bond acceptors (Lipinski definition) is 3. The minimum Gasteiger partial charge on any atom is -0.307 e. The Bertz CT molecular complexity index is 654. The second-order valence-electron chi connectivity index (χ2n) is 4.34. The van der Waals surface area contributed by atoms with Crippen molar-refractivity contribution in [2.24, 2.45) is 7.05 Å². The van der Waals surface area contributed by atoms with Crippen LogP contribution in [-0.4, -0.2) is 9.78 Å². The van der Waals surface area contributed by atoms with Gasteiger partial charge in [-0.2, -0.15) is 5.10 Å². The van der Waals surface area contributed by atoms with E-state index in [9.17, 15) is 0 Å². The molecule has 1 aromatic carbocycles. The van der Waals surface area contributed by atoms with Crippen molar-refractivity contribution in [2.45, 2.75) is 13.1 Å². The van der Waals surface area contributed by atoms with Crippen LogP contribution in [-0.2, 0) is 20.1 Å². The Balaban J connectivity index is 1.66. The normalized spacial score (nSPS) is 11.2. The number of aryl methyl sites for hydroxylation is 1. The lowest BCUT2D eigenvalue weighted by Crippen LogP contribution is -2.12. The van der Waals surface area contributed by atoms with E-state index in [0.29, 0.717) is 0 Å². The van der Waals surface area contributed by atoms with Gasteiger partial charge in [0.05, 0.1) is 5.69 Å². The van der Waals surface area contributed by atoms with Crippen LogP contribution in [0.15, 0.2) is 41.9 Å². The maximum absolute atomic E-state index is 4.35. The van der Waals surface area contributed by atoms with Gasteiger partial charge in [-0.25, -0.2) is 0 Å². The van der Waals surface area contributed by atoms with E-state index in [1.807, 2.05) is 24.0 Å². The van der Waals surface area contributed by atoms with Gasteiger partial charge in [-0.05, 0) is 28.5 Å². The molecule has 3 rings (SSSR count). The lowest BCUT2D eigenvalue weighted by atomic mass is 10.2. The molecule has 0 bridgehead atoms. The number of benzene rings is 1. The largest absolute Gasteiger partial charge is 0.307 e. The summed E-state index contributed by atoms with van der Waals surface area (Å²) in [7, 11) is 1.94. The molecule has 3 aromatic rings. The standard InChI is InChI=1S/C14H15N3S/c1-17-7-6-12(16-17)9-15-8-11-10-18-14-5-3-2-4-13(11)14/h2-7,10,15H,8-9H2,1H3. The van der Waals surface area contributed by atoms with Crippen molar-refractivity contribution in [3.63, 3.8) is 0 Å². The van der Waals surface area contributed by atoms with E-state index in [-0.39, 0.29) is 0 Å². The molecular formula is C14H15N3S. The average Bonchev–Trinajstić information content (AvgIpc) is 2.97. The summed E-state index contributed by atoms with van der Waals surface area (Å²) in [5, 5.41) is 11.4. The fraction of sp³-hybridized carbons (Fsp3) is 0.214. The number of rotatable bonds is 4. The Morgan fingerprint density at radius 2 is 2.11 bits per heavy atom. The molecule has 0 spiro atoms. The molecule has 0 radical (unpaired) electrons. The summed E-state index contributed by atoms with van der Waals surface area (Å²) in [5.74, 6) is 0. The van der Waals surface area contributed by atoms with Crippen LogP contribution < -0.4 is 5.32 Å². The fourth-order valence-electron chi connectivity index (χ4n) is 2.05. The number of aromatic nitrogens is 2. The van der Waals surface area contributed by atoms with Gasteiger partial charge in [0, 0.05) is 31.0 Å². The third-order valence-corrected chi connectivity index (χ3v) is 3.96. The summed E-state index contributed by atoms with van der Waals surface area (Å²) >= 11 is 1.80. The number of hydrogen-bond donors (Lipinski definition) is 1. The lowest BCUT2D eigenvalue weighted by molar-refractivity contribution is 0.659. The molecule has 2 heterocycles. The monoisotopic (exact) mass is 257 g/mol. The van der Waals surface area contributed by atoms with Crippen LogP contribution in [0.1, 0.15) is 11.3 Å². The summed E-state index contributed by atoms with van der Waals surface area (Å²) in [5.41, 5.74) is 2.45. The molecule has 92 valence electrons. The molecule has 0 aliphatic rings. The maximum Gasteiger partial charge on any atom is 0.0762 e. The first-order valence-electron chi connectivity index (χ1n) is 5.97. The summed E-state index contributed by atoms with van der Waals surface area (Å²) < 4.78 is 3.18. The smallest absolute Gasteiger partial charge is 0.0762 e. The van der Waals surface area contributed by atoms with Gasteiger partial charge in [-0.3, -0.25) is 4.68 Å². The molecule has 18 heavy (non-hydrogen) atoms. The first kappa shape index (κ1) is 11.4. The first-order valence-corrected chi connectivity index (χ1v) is 6.85. The maximum atomic E-state index is 4.35. The molecule has 4 heteroatoms. The van der Waals surface area contributed by atoms with Crippen LogP contribution in [0.3, 0.4) is 0 Å². The van der Waals surface area contributed by atoms with Crippen LogP contribution in [0.4, 0.5) is 0 Å². The van der Waals surface area contributed by atoms with E-state index in [1.54, 1.807) is 11.3 Å². The van der Waals surface area contributed by atoms with Gasteiger partial charge in [0.15, 0.2) is 0 Å². The zero-order chi connectivity index (χ0) is 12.4. The van der Waals surface area contributed by atoms with E-state index in [2.05, 4.69) is 40.1 Å². The molecule has 1 N–H and O–H groups in total. The summed E-state index contributed by atoms with van der Waals surface area (Å²) in [6, 6.07) is 10.6. The van der Waals surface area contributed by atoms with Crippen molar-refractivity contribution in [1.29, 1.82) is 0 Å². The molecular weight excluding hydrogens is 242 g/mol. The van der Waals surface area contributed by atoms with Crippen LogP contribution in [0, 0.1) is 0 Å². The highest BCUT2D eigenvalue weighted by molar-refractivity contribution is 7.17. The van der Waals surface area contributed by atoms with Gasteiger partial charge in [0.1, 0.15) is 0 Å². The third kappa shape index (κ3) is 2.30. The molecule has 0 aliphatic heterocycles. The minimum atomic E-state index is 0.811. The van der Waals surface area contributed by atoms with Crippen molar-refractivity contribution in [1.82, 2.24) is 15.1 Å². The zero-order valence-electron chi connectivity index (χ0n) is 10.3. The van der Waals surface area contributed by atoms with Gasteiger partial charge in [0.2, 0.25) is 0 Å². The van der Waals surface area contributed by atoms with Crippen molar-refractivity contribution >= 4 is 21.4 Å². The van der Waals surface area contributed by atoms with Crippen molar-refractivity contribution in [2.75, 3.05) is 0 Å². The zero-order valence-corrected chi connectivity index (χ0v) is 11.1. The van der Waals surface area contributed by atoms with Gasteiger partial charge < -0.3 is 5.32 Å². The number of nitrogens with zero attached hydrogens (tertiary/aromatic N) is 2. The number of nitrogens with one attached hydrogen (secondary N) is 1. The molecule has 0 saturated heterocycles. The Labute approximate surface area is 110 Å². The number of thiophene rings is 1. The third-order valence-electron chi connectivity index (χ3n) is 2.95. The molecule has 2 aromatic heterocycles. The van der Waals surface area contributed by atoms with E-state index in [1.165, 1.54) is 15.6 Å². The van der Waals surface area contributed by atoms with Gasteiger partial charge >= 0.3 is 0 Å². The van der Waals surface area contributed by atoms with Gasteiger partial charge in [-0.15, -0.1) is 11.3 Å². The van der Waals surface area contributed by atoms with E-state index in [4.69, 9.17) is 0 Å². The van der Waals surface area contributed by atoms with Crippen LogP contribution >= 0.6 is 11.3 Å². The molecule has 0 amide bonds. The lowest BCUT2D eigenvalue weighted by Gasteiger charge is -2.01. The topological polar surface area (TPSA) is 29.9 Å². The number of fused-ring (bicyclic) bond motifs is 1. The van der Waals surface area contributed by atoms with E-state index < -0.39 is 0 Å². The Morgan fingerprint density at radius 1 is 1.22 bits per heavy atom. The summed E-state index contributed by atoms with van der Waals surface area (Å²) in [6.45, 7) is 1.70. The molecule has 0 unspecified atom stereocenters. The Morgan fingerprint density at radius 3 is 2.94 bits per heavy atom. The molecule has 0 saturated carbocycles. The molecule has 0 fully saturated rings. The predicted molar refractivity (Wildman–Crippen MR) is 75.6 cm³/mol. The van der Waals surface area contributed by atoms with Crippen molar-refractivity contribution in [3.8, 4) is 0 Å². The van der Waals surface area contributed by atoms with Crippen LogP contribution in [0.2, 0.25) is 0 Å². The van der Waals surface area contributed by atoms with E-state index in [0.717, 1.165) is 18.8 Å². The van der Waals surface area contributed by atoms with Crippen molar-refractivity contribution < 1.29 is 0 Å². The Hall–Kier alpha value is -1.65. The van der Waals surface area contributed by atoms with Crippen LogP contribution in [0.25, 0.3) is 10.1 Å². The molecule has 0 atom stereocenters. The Kier molecular flexibility index (Phi) is 3.13. The molecule has 0 aliphatic carbocycles. The fourth-order valence-corrected chi connectivity index (χ4v) is 3.02. The highest BCUT2D eigenvalue weighted by Gasteiger charge is 2.03. The highest BCUT2D eigenvalue weighted by Crippen LogP contribution is 2.25. The molecule has 3 nitrogen and oxygen atoms in total. The SMILES string of the molecule is Cn1ccc(CNCc2csc3ccccc23)n1. The first-order chi connectivity index (χ1) is 8.83. The summed E-state index contributed by atoms with van der Waals surface area (Å²) in [6.07, 6.45) is 1.97. The highest BCUT2D eigenvalue weighted by atomic mass is 32.1. The second kappa shape index (κ2) is 4.92. The van der Waals surface area contributed by atoms with Crippen LogP contribution in [0.5, 0.6) is 0 Å². The quantitative estimate of drug-likeness (QED) is 0.779. The van der Waals surface area contributed by atoms with Crippen molar-refractivity contribution in [3.05, 3.63) is 53.2 Å². The average molecular weight is 257 g/mol. The predicted octanol–water partition coefficient (Wildman–Crippen LogP) is 2.92. The second-order valence-corrected chi connectivity index (χ2v) is 5.25. The van der Waals surface area contributed by atoms with E-state index >= 15 is 0 Å². The van der Waals surface area contributed by atoms with Gasteiger partial charge in [0.25, 0.3) is 0 Å².